The van der Waals surface area contributed by atoms with Gasteiger partial charge in [0, 0.05) is 23.4 Å². The molecule has 0 fully saturated rings. The summed E-state index contributed by atoms with van der Waals surface area (Å²) in [7, 11) is 1.98. The molecule has 0 unspecified atom stereocenters. The fraction of sp³-hybridized carbons (Fsp3) is 0.429. The Kier molecular flexibility index (Phi) is 12.5. The van der Waals surface area contributed by atoms with Crippen molar-refractivity contribution in [3.8, 4) is 5.75 Å². The van der Waals surface area contributed by atoms with Crippen LogP contribution in [-0.2, 0) is 29.2 Å². The molecule has 0 spiro atoms. The Balaban J connectivity index is 1.73. The lowest BCUT2D eigenvalue weighted by atomic mass is 9.99. The third kappa shape index (κ3) is 11.2. The van der Waals surface area contributed by atoms with Gasteiger partial charge in [-0.1, -0.05) is 68.4 Å². The van der Waals surface area contributed by atoms with Crippen LogP contribution in [0.2, 0.25) is 0 Å². The topological polar surface area (TPSA) is 70.7 Å². The standard InChI is InChI=1S/C35H47N3O3S/c1-25(2)21-32(38(6)23-27-15-19-30(42-7)20-16-27)34(40)36-31(33(39)37-35(3,4)5)22-26-13-17-29(18-14-26)41-24-28-11-9-8-10-12-28/h8-20,25,31-32H,21-24H2,1-7H3,(H,36,40)(H,37,39)/t31-,32+/m0/s1. The highest BCUT2D eigenvalue weighted by Gasteiger charge is 2.30. The second-order valence-electron chi connectivity index (χ2n) is 12.3. The van der Waals surface area contributed by atoms with E-state index in [2.05, 4.69) is 59.9 Å². The lowest BCUT2D eigenvalue weighted by Gasteiger charge is -2.31. The van der Waals surface area contributed by atoms with Gasteiger partial charge >= 0.3 is 0 Å². The minimum atomic E-state index is -0.711. The average Bonchev–Trinajstić information content (AvgIpc) is 2.95. The summed E-state index contributed by atoms with van der Waals surface area (Å²) in [4.78, 5) is 30.5. The van der Waals surface area contributed by atoms with E-state index in [4.69, 9.17) is 4.74 Å². The van der Waals surface area contributed by atoms with E-state index in [1.807, 2.05) is 82.4 Å². The quantitative estimate of drug-likeness (QED) is 0.211. The van der Waals surface area contributed by atoms with Crippen molar-refractivity contribution in [1.82, 2.24) is 15.5 Å². The summed E-state index contributed by atoms with van der Waals surface area (Å²) in [5.74, 6) is 0.738. The van der Waals surface area contributed by atoms with Crippen LogP contribution < -0.4 is 15.4 Å². The number of hydrogen-bond donors (Lipinski definition) is 2. The first-order valence-corrected chi connectivity index (χ1v) is 15.9. The number of nitrogens with one attached hydrogen (secondary N) is 2. The fourth-order valence-corrected chi connectivity index (χ4v) is 5.10. The number of hydrogen-bond acceptors (Lipinski definition) is 5. The van der Waals surface area contributed by atoms with E-state index in [9.17, 15) is 9.59 Å². The molecular formula is C35H47N3O3S. The third-order valence-electron chi connectivity index (χ3n) is 6.86. The Bertz CT molecular complexity index is 1260. The van der Waals surface area contributed by atoms with Crippen molar-refractivity contribution in [2.45, 2.75) is 83.1 Å². The van der Waals surface area contributed by atoms with E-state index in [1.165, 1.54) is 4.90 Å². The van der Waals surface area contributed by atoms with E-state index in [1.54, 1.807) is 11.8 Å². The first-order chi connectivity index (χ1) is 19.9. The number of likely N-dealkylation sites (N-methyl/N-ethyl adjacent to an activating group) is 1. The zero-order valence-corrected chi connectivity index (χ0v) is 27.0. The smallest absolute Gasteiger partial charge is 0.243 e. The zero-order valence-electron chi connectivity index (χ0n) is 26.1. The van der Waals surface area contributed by atoms with E-state index >= 15 is 0 Å². The lowest BCUT2D eigenvalue weighted by molar-refractivity contribution is -0.132. The second-order valence-corrected chi connectivity index (χ2v) is 13.2. The van der Waals surface area contributed by atoms with Gasteiger partial charge in [-0.2, -0.15) is 0 Å². The highest BCUT2D eigenvalue weighted by Crippen LogP contribution is 2.19. The van der Waals surface area contributed by atoms with Gasteiger partial charge in [-0.05, 0) is 87.4 Å². The summed E-state index contributed by atoms with van der Waals surface area (Å²) in [6, 6.07) is 25.1. The van der Waals surface area contributed by atoms with Crippen LogP contribution in [0.25, 0.3) is 0 Å². The molecular weight excluding hydrogens is 542 g/mol. The molecule has 3 rings (SSSR count). The van der Waals surface area contributed by atoms with E-state index in [0.29, 0.717) is 31.9 Å². The number of benzene rings is 3. The van der Waals surface area contributed by atoms with Crippen molar-refractivity contribution in [1.29, 1.82) is 0 Å². The van der Waals surface area contributed by atoms with E-state index < -0.39 is 11.6 Å². The summed E-state index contributed by atoms with van der Waals surface area (Å²) < 4.78 is 5.93. The molecule has 226 valence electrons. The summed E-state index contributed by atoms with van der Waals surface area (Å²) in [5, 5.41) is 6.17. The molecule has 0 aliphatic heterocycles. The molecule has 42 heavy (non-hydrogen) atoms. The maximum Gasteiger partial charge on any atom is 0.243 e. The van der Waals surface area contributed by atoms with Crippen LogP contribution in [0.4, 0.5) is 0 Å². The maximum absolute atomic E-state index is 13.8. The summed E-state index contributed by atoms with van der Waals surface area (Å²) in [6.45, 7) is 11.2. The number of amides is 2. The molecule has 6 nitrogen and oxygen atoms in total. The van der Waals surface area contributed by atoms with Crippen molar-refractivity contribution in [3.05, 3.63) is 95.6 Å². The monoisotopic (exact) mass is 589 g/mol. The Labute approximate surface area is 256 Å². The number of carbonyl (C=O) groups is 2. The van der Waals surface area contributed by atoms with Gasteiger partial charge in [-0.3, -0.25) is 14.5 Å². The molecule has 2 amide bonds. The van der Waals surface area contributed by atoms with Gasteiger partial charge in [0.15, 0.2) is 0 Å². The second kappa shape index (κ2) is 15.8. The van der Waals surface area contributed by atoms with Crippen molar-refractivity contribution in [2.24, 2.45) is 5.92 Å². The van der Waals surface area contributed by atoms with Crippen molar-refractivity contribution < 1.29 is 14.3 Å². The van der Waals surface area contributed by atoms with Crippen LogP contribution in [0.1, 0.15) is 57.7 Å². The first-order valence-electron chi connectivity index (χ1n) is 14.6. The van der Waals surface area contributed by atoms with E-state index in [-0.39, 0.29) is 17.9 Å². The predicted octanol–water partition coefficient (Wildman–Crippen LogP) is 6.48. The van der Waals surface area contributed by atoms with Gasteiger partial charge in [0.2, 0.25) is 11.8 Å². The Hall–Kier alpha value is -3.29. The lowest BCUT2D eigenvalue weighted by Crippen LogP contribution is -2.56. The molecule has 7 heteroatoms. The SMILES string of the molecule is CSc1ccc(CN(C)[C@H](CC(C)C)C(=O)N[C@@H](Cc2ccc(OCc3ccccc3)cc2)C(=O)NC(C)(C)C)cc1. The van der Waals surface area contributed by atoms with Crippen LogP contribution in [0, 0.1) is 5.92 Å². The molecule has 0 radical (unpaired) electrons. The normalized spacial score (nSPS) is 13.1. The van der Waals surface area contributed by atoms with Crippen molar-refractivity contribution in [3.63, 3.8) is 0 Å². The van der Waals surface area contributed by atoms with Crippen LogP contribution in [-0.4, -0.2) is 47.6 Å². The summed E-state index contributed by atoms with van der Waals surface area (Å²) in [6.07, 6.45) is 3.12. The molecule has 3 aromatic carbocycles. The summed E-state index contributed by atoms with van der Waals surface area (Å²) in [5.41, 5.74) is 2.76. The van der Waals surface area contributed by atoms with E-state index in [0.717, 1.165) is 22.4 Å². The minimum Gasteiger partial charge on any atom is -0.489 e. The summed E-state index contributed by atoms with van der Waals surface area (Å²) >= 11 is 1.71. The molecule has 0 aromatic heterocycles. The molecule has 0 bridgehead atoms. The molecule has 0 aliphatic carbocycles. The third-order valence-corrected chi connectivity index (χ3v) is 7.61. The molecule has 0 saturated heterocycles. The fourth-order valence-electron chi connectivity index (χ4n) is 4.70. The van der Waals surface area contributed by atoms with Crippen molar-refractivity contribution >= 4 is 23.6 Å². The van der Waals surface area contributed by atoms with Gasteiger partial charge in [-0.15, -0.1) is 11.8 Å². The van der Waals surface area contributed by atoms with Crippen LogP contribution in [0.3, 0.4) is 0 Å². The zero-order chi connectivity index (χ0) is 30.7. The minimum absolute atomic E-state index is 0.135. The maximum atomic E-state index is 13.8. The number of nitrogens with zero attached hydrogens (tertiary/aromatic N) is 1. The van der Waals surface area contributed by atoms with Gasteiger partial charge in [0.1, 0.15) is 18.4 Å². The number of thioether (sulfide) groups is 1. The Morgan fingerprint density at radius 1 is 0.857 bits per heavy atom. The first kappa shape index (κ1) is 33.2. The van der Waals surface area contributed by atoms with Gasteiger partial charge in [-0.25, -0.2) is 0 Å². The molecule has 0 heterocycles. The highest BCUT2D eigenvalue weighted by atomic mass is 32.2. The number of carbonyl (C=O) groups excluding carboxylic acids is 2. The molecule has 3 aromatic rings. The molecule has 0 saturated carbocycles. The Morgan fingerprint density at radius 3 is 2.05 bits per heavy atom. The van der Waals surface area contributed by atoms with Gasteiger partial charge < -0.3 is 15.4 Å². The highest BCUT2D eigenvalue weighted by molar-refractivity contribution is 7.98. The number of rotatable bonds is 14. The molecule has 2 atom stereocenters. The molecule has 2 N–H and O–H groups in total. The average molecular weight is 590 g/mol. The van der Waals surface area contributed by atoms with Crippen LogP contribution >= 0.6 is 11.8 Å². The molecule has 0 aliphatic rings. The van der Waals surface area contributed by atoms with Crippen LogP contribution in [0.5, 0.6) is 5.75 Å². The number of ether oxygens (including phenoxy) is 1. The largest absolute Gasteiger partial charge is 0.489 e. The Morgan fingerprint density at radius 2 is 1.48 bits per heavy atom. The van der Waals surface area contributed by atoms with Gasteiger partial charge in [0.05, 0.1) is 6.04 Å². The van der Waals surface area contributed by atoms with Gasteiger partial charge in [0.25, 0.3) is 0 Å². The van der Waals surface area contributed by atoms with Crippen LogP contribution in [0.15, 0.2) is 83.8 Å². The van der Waals surface area contributed by atoms with Crippen molar-refractivity contribution in [2.75, 3.05) is 13.3 Å². The predicted molar refractivity (Wildman–Crippen MR) is 174 cm³/mol.